The number of unbranched alkanes of at least 4 members (excludes halogenated alkanes) is 1. The first kappa shape index (κ1) is 9.96. The summed E-state index contributed by atoms with van der Waals surface area (Å²) in [7, 11) is -2.10. The minimum Gasteiger partial charge on any atom is -0.352 e. The lowest BCUT2D eigenvalue weighted by Crippen LogP contribution is -2.29. The Kier molecular flexibility index (Phi) is 5.18. The summed E-state index contributed by atoms with van der Waals surface area (Å²) in [4.78, 5) is 10.1. The monoisotopic (exact) mass is 178 g/mol. The SMILES string of the molecule is NC(=O)NCCCC=S(=O)=O. The summed E-state index contributed by atoms with van der Waals surface area (Å²) in [6.45, 7) is 0.406. The molecule has 3 N–H and O–H groups in total. The highest BCUT2D eigenvalue weighted by Crippen LogP contribution is 1.80. The molecule has 0 aliphatic rings. The van der Waals surface area contributed by atoms with Gasteiger partial charge in [-0.1, -0.05) is 0 Å². The number of nitrogens with two attached hydrogens (primary N) is 1. The molecule has 0 unspecified atom stereocenters. The highest BCUT2D eigenvalue weighted by molar-refractivity contribution is 7.71. The Balaban J connectivity index is 3.29. The average molecular weight is 178 g/mol. The minimum atomic E-state index is -2.10. The first-order valence-corrected chi connectivity index (χ1v) is 4.21. The molecule has 0 spiro atoms. The Hall–Kier alpha value is -1.04. The summed E-state index contributed by atoms with van der Waals surface area (Å²) >= 11 is 0. The second-order valence-corrected chi connectivity index (χ2v) is 2.71. The van der Waals surface area contributed by atoms with E-state index in [1.54, 1.807) is 0 Å². The fraction of sp³-hybridized carbons (Fsp3) is 0.600. The molecular weight excluding hydrogens is 168 g/mol. The van der Waals surface area contributed by atoms with Crippen LogP contribution in [0.1, 0.15) is 12.8 Å². The number of primary amides is 1. The van der Waals surface area contributed by atoms with Crippen LogP contribution in [0, 0.1) is 0 Å². The van der Waals surface area contributed by atoms with Crippen LogP contribution in [0.2, 0.25) is 0 Å². The van der Waals surface area contributed by atoms with Crippen LogP contribution in [-0.2, 0) is 10.3 Å². The van der Waals surface area contributed by atoms with Gasteiger partial charge < -0.3 is 11.1 Å². The van der Waals surface area contributed by atoms with Crippen molar-refractivity contribution in [2.24, 2.45) is 5.73 Å². The van der Waals surface area contributed by atoms with E-state index in [9.17, 15) is 13.2 Å². The number of nitrogens with one attached hydrogen (secondary N) is 1. The van der Waals surface area contributed by atoms with E-state index >= 15 is 0 Å². The Morgan fingerprint density at radius 1 is 1.55 bits per heavy atom. The summed E-state index contributed by atoms with van der Waals surface area (Å²) in [6.07, 6.45) is 1.01. The molecule has 6 heteroatoms. The molecule has 0 rings (SSSR count). The predicted molar refractivity (Wildman–Crippen MR) is 41.8 cm³/mol. The molecule has 0 radical (unpaired) electrons. The second-order valence-electron chi connectivity index (χ2n) is 1.86. The minimum absolute atomic E-state index is 0.406. The van der Waals surface area contributed by atoms with Crippen LogP contribution in [-0.4, -0.2) is 26.4 Å². The third-order valence-electron chi connectivity index (χ3n) is 0.934. The van der Waals surface area contributed by atoms with Crippen LogP contribution < -0.4 is 11.1 Å². The molecule has 64 valence electrons. The number of rotatable bonds is 4. The maximum atomic E-state index is 10.1. The number of carbonyl (C=O) groups excluding carboxylic acids is 1. The molecule has 0 aromatic carbocycles. The third kappa shape index (κ3) is 8.96. The number of amides is 2. The zero-order valence-corrected chi connectivity index (χ0v) is 6.73. The number of urea groups is 1. The van der Waals surface area contributed by atoms with Crippen molar-refractivity contribution in [1.82, 2.24) is 5.32 Å². The van der Waals surface area contributed by atoms with Crippen molar-refractivity contribution in [2.45, 2.75) is 12.8 Å². The largest absolute Gasteiger partial charge is 0.352 e. The Bertz CT molecular complexity index is 236. The first-order valence-electron chi connectivity index (χ1n) is 3.07. The van der Waals surface area contributed by atoms with Crippen LogP contribution in [0.5, 0.6) is 0 Å². The van der Waals surface area contributed by atoms with Gasteiger partial charge in [0.25, 0.3) is 0 Å². The standard InChI is InChI=1S/C5H10N2O3S/c6-5(8)7-3-1-2-4-11(9)10/h4H,1-3H2,(H3,6,7,8). The lowest BCUT2D eigenvalue weighted by molar-refractivity contribution is 0.249. The molecule has 2 amide bonds. The van der Waals surface area contributed by atoms with E-state index in [-0.39, 0.29) is 0 Å². The highest BCUT2D eigenvalue weighted by atomic mass is 32.2. The van der Waals surface area contributed by atoms with E-state index in [0.29, 0.717) is 19.4 Å². The number of hydrogen-bond donors (Lipinski definition) is 2. The van der Waals surface area contributed by atoms with Crippen LogP contribution in [0.3, 0.4) is 0 Å². The molecule has 5 nitrogen and oxygen atoms in total. The van der Waals surface area contributed by atoms with Crippen molar-refractivity contribution in [3.05, 3.63) is 0 Å². The van der Waals surface area contributed by atoms with Crippen LogP contribution in [0.4, 0.5) is 4.79 Å². The fourth-order valence-electron chi connectivity index (χ4n) is 0.493. The third-order valence-corrected chi connectivity index (χ3v) is 1.44. The topological polar surface area (TPSA) is 89.3 Å². The van der Waals surface area contributed by atoms with E-state index in [4.69, 9.17) is 5.73 Å². The van der Waals surface area contributed by atoms with Gasteiger partial charge in [0.1, 0.15) is 0 Å². The summed E-state index contributed by atoms with van der Waals surface area (Å²) in [5.74, 6) is 0. The maximum absolute atomic E-state index is 10.1. The van der Waals surface area contributed by atoms with Gasteiger partial charge in [0.15, 0.2) is 0 Å². The molecule has 0 aromatic rings. The van der Waals surface area contributed by atoms with E-state index in [0.717, 1.165) is 5.37 Å². The van der Waals surface area contributed by atoms with Gasteiger partial charge in [-0.05, 0) is 12.8 Å². The average Bonchev–Trinajstić information content (AvgIpc) is 1.85. The molecule has 0 fully saturated rings. The molecule has 0 bridgehead atoms. The molecule has 0 heterocycles. The van der Waals surface area contributed by atoms with Crippen LogP contribution >= 0.6 is 0 Å². The van der Waals surface area contributed by atoms with Crippen molar-refractivity contribution >= 4 is 21.7 Å². The molecular formula is C5H10N2O3S. The highest BCUT2D eigenvalue weighted by Gasteiger charge is 1.88. The van der Waals surface area contributed by atoms with Crippen molar-refractivity contribution in [1.29, 1.82) is 0 Å². The molecule has 0 aliphatic heterocycles. The zero-order chi connectivity index (χ0) is 8.69. The second kappa shape index (κ2) is 5.72. The molecule has 0 aromatic heterocycles. The molecule has 0 saturated carbocycles. The fourth-order valence-corrected chi connectivity index (χ4v) is 0.852. The van der Waals surface area contributed by atoms with E-state index in [2.05, 4.69) is 5.32 Å². The zero-order valence-electron chi connectivity index (χ0n) is 5.91. The van der Waals surface area contributed by atoms with Gasteiger partial charge >= 0.3 is 6.03 Å². The Morgan fingerprint density at radius 3 is 2.64 bits per heavy atom. The van der Waals surface area contributed by atoms with Crippen molar-refractivity contribution in [3.8, 4) is 0 Å². The van der Waals surface area contributed by atoms with E-state index in [1.807, 2.05) is 0 Å². The quantitative estimate of drug-likeness (QED) is 0.432. The predicted octanol–water partition coefficient (Wildman–Crippen LogP) is -0.884. The molecule has 0 saturated heterocycles. The van der Waals surface area contributed by atoms with E-state index in [1.165, 1.54) is 0 Å². The normalized spacial score (nSPS) is 8.73. The van der Waals surface area contributed by atoms with Crippen molar-refractivity contribution < 1.29 is 13.2 Å². The molecule has 0 atom stereocenters. The smallest absolute Gasteiger partial charge is 0.312 e. The van der Waals surface area contributed by atoms with Gasteiger partial charge in [-0.3, -0.25) is 0 Å². The van der Waals surface area contributed by atoms with Gasteiger partial charge in [-0.2, -0.15) is 8.42 Å². The van der Waals surface area contributed by atoms with Gasteiger partial charge in [-0.25, -0.2) is 4.79 Å². The van der Waals surface area contributed by atoms with Crippen LogP contribution in [0.25, 0.3) is 0 Å². The number of hydrogen-bond acceptors (Lipinski definition) is 3. The van der Waals surface area contributed by atoms with Crippen molar-refractivity contribution in [2.75, 3.05) is 6.54 Å². The van der Waals surface area contributed by atoms with Gasteiger partial charge in [0.05, 0.1) is 0 Å². The summed E-state index contributed by atoms with van der Waals surface area (Å²) in [5.41, 5.74) is 4.75. The van der Waals surface area contributed by atoms with Gasteiger partial charge in [0.2, 0.25) is 10.3 Å². The summed E-state index contributed by atoms with van der Waals surface area (Å²) in [6, 6.07) is -0.590. The summed E-state index contributed by atoms with van der Waals surface area (Å²) in [5, 5.41) is 3.48. The van der Waals surface area contributed by atoms with Crippen molar-refractivity contribution in [3.63, 3.8) is 0 Å². The van der Waals surface area contributed by atoms with E-state index < -0.39 is 16.3 Å². The lowest BCUT2D eigenvalue weighted by atomic mass is 10.3. The van der Waals surface area contributed by atoms with Gasteiger partial charge in [0, 0.05) is 11.9 Å². The Labute approximate surface area is 66.1 Å². The molecule has 0 aliphatic carbocycles. The molecule has 11 heavy (non-hydrogen) atoms. The van der Waals surface area contributed by atoms with Crippen LogP contribution in [0.15, 0.2) is 0 Å². The lowest BCUT2D eigenvalue weighted by Gasteiger charge is -1.96. The maximum Gasteiger partial charge on any atom is 0.312 e. The number of carbonyl (C=O) groups is 1. The Morgan fingerprint density at radius 2 is 2.18 bits per heavy atom. The first-order chi connectivity index (χ1) is 5.13. The summed E-state index contributed by atoms with van der Waals surface area (Å²) < 4.78 is 19.9. The van der Waals surface area contributed by atoms with Gasteiger partial charge in [-0.15, -0.1) is 0 Å².